The number of hydrogen-bond acceptors (Lipinski definition) is 4. The molecule has 26 heavy (non-hydrogen) atoms. The highest BCUT2D eigenvalue weighted by Gasteiger charge is 2.45. The third kappa shape index (κ3) is 3.92. The Morgan fingerprint density at radius 2 is 1.65 bits per heavy atom. The van der Waals surface area contributed by atoms with Crippen molar-refractivity contribution >= 4 is 21.7 Å². The van der Waals surface area contributed by atoms with Crippen LogP contribution in [0.3, 0.4) is 0 Å². The van der Waals surface area contributed by atoms with E-state index in [4.69, 9.17) is 0 Å². The van der Waals surface area contributed by atoms with Gasteiger partial charge in [-0.15, -0.1) is 0 Å². The molecule has 1 fully saturated rings. The Labute approximate surface area is 155 Å². The lowest BCUT2D eigenvalue weighted by molar-refractivity contribution is -0.160. The number of carbonyl (C=O) groups excluding carboxylic acids is 1. The molecule has 0 atom stereocenters. The van der Waals surface area contributed by atoms with Gasteiger partial charge in [0.2, 0.25) is 5.91 Å². The third-order valence-corrected chi connectivity index (χ3v) is 7.49. The highest BCUT2D eigenvalue weighted by Crippen LogP contribution is 2.33. The Kier molecular flexibility index (Phi) is 6.11. The summed E-state index contributed by atoms with van der Waals surface area (Å²) in [5.74, 6) is -1.22. The fourth-order valence-electron chi connectivity index (χ4n) is 3.43. The topological polar surface area (TPSA) is 91.8 Å². The van der Waals surface area contributed by atoms with Crippen molar-refractivity contribution in [1.29, 1.82) is 0 Å². The van der Waals surface area contributed by atoms with E-state index >= 15 is 0 Å². The number of benzene rings is 1. The second kappa shape index (κ2) is 7.78. The lowest BCUT2D eigenvalue weighted by atomic mass is 9.80. The summed E-state index contributed by atoms with van der Waals surface area (Å²) in [7, 11) is -1.79. The number of amides is 1. The monoisotopic (exact) mass is 381 g/mol. The van der Waals surface area contributed by atoms with Crippen molar-refractivity contribution in [3.63, 3.8) is 0 Å². The number of carboxylic acids is 1. The number of sulfone groups is 1. The zero-order chi connectivity index (χ0) is 19.5. The summed E-state index contributed by atoms with van der Waals surface area (Å²) in [6, 6.07) is 6.25. The van der Waals surface area contributed by atoms with Crippen LogP contribution in [0.5, 0.6) is 0 Å². The number of nitrogens with zero attached hydrogens (tertiary/aromatic N) is 1. The van der Waals surface area contributed by atoms with Crippen LogP contribution in [0.4, 0.5) is 0 Å². The molecule has 144 valence electrons. The van der Waals surface area contributed by atoms with E-state index in [0.717, 1.165) is 19.3 Å². The molecule has 0 heterocycles. The molecule has 0 bridgehead atoms. The standard InChI is InChI=1S/C19H27NO5S/c1-14(2)26(24,25)16-9-7-15(8-10-16)13-17(21)20(3)19(18(22)23)11-5-4-6-12-19/h7-10,14H,4-6,11-13H2,1-3H3,(H,22,23). The van der Waals surface area contributed by atoms with E-state index in [1.165, 1.54) is 17.0 Å². The van der Waals surface area contributed by atoms with Gasteiger partial charge in [-0.25, -0.2) is 13.2 Å². The van der Waals surface area contributed by atoms with Crippen molar-refractivity contribution in [2.45, 2.75) is 68.1 Å². The fraction of sp³-hybridized carbons (Fsp3) is 0.579. The van der Waals surface area contributed by atoms with Gasteiger partial charge >= 0.3 is 5.97 Å². The first-order valence-corrected chi connectivity index (χ1v) is 10.5. The van der Waals surface area contributed by atoms with Gasteiger partial charge in [0.1, 0.15) is 5.54 Å². The maximum Gasteiger partial charge on any atom is 0.329 e. The average molecular weight is 381 g/mol. The van der Waals surface area contributed by atoms with Crippen LogP contribution < -0.4 is 0 Å². The molecule has 7 heteroatoms. The maximum atomic E-state index is 12.7. The predicted molar refractivity (Wildman–Crippen MR) is 98.7 cm³/mol. The second-order valence-corrected chi connectivity index (χ2v) is 9.77. The number of carbonyl (C=O) groups is 2. The van der Waals surface area contributed by atoms with Gasteiger partial charge in [-0.05, 0) is 44.4 Å². The molecule has 1 aromatic carbocycles. The van der Waals surface area contributed by atoms with Crippen LogP contribution in [0.25, 0.3) is 0 Å². The molecule has 6 nitrogen and oxygen atoms in total. The summed E-state index contributed by atoms with van der Waals surface area (Å²) in [5, 5.41) is 9.18. The van der Waals surface area contributed by atoms with E-state index in [1.54, 1.807) is 33.0 Å². The molecule has 1 N–H and O–H groups in total. The van der Waals surface area contributed by atoms with Crippen molar-refractivity contribution in [2.24, 2.45) is 0 Å². The van der Waals surface area contributed by atoms with Crippen LogP contribution in [0.15, 0.2) is 29.2 Å². The van der Waals surface area contributed by atoms with Crippen LogP contribution in [-0.2, 0) is 25.8 Å². The Bertz CT molecular complexity index is 762. The van der Waals surface area contributed by atoms with Gasteiger partial charge in [-0.1, -0.05) is 31.4 Å². The molecule has 1 amide bonds. The number of likely N-dealkylation sites (N-methyl/N-ethyl adjacent to an activating group) is 1. The quantitative estimate of drug-likeness (QED) is 0.818. The zero-order valence-corrected chi connectivity index (χ0v) is 16.4. The molecule has 0 unspecified atom stereocenters. The summed E-state index contributed by atoms with van der Waals surface area (Å²) in [4.78, 5) is 26.1. The van der Waals surface area contributed by atoms with Crippen LogP contribution in [0.1, 0.15) is 51.5 Å². The summed E-state index contributed by atoms with van der Waals surface area (Å²) < 4.78 is 24.3. The highest BCUT2D eigenvalue weighted by atomic mass is 32.2. The fourth-order valence-corrected chi connectivity index (χ4v) is 4.49. The minimum Gasteiger partial charge on any atom is -0.479 e. The molecule has 1 aromatic rings. The van der Waals surface area contributed by atoms with Gasteiger partial charge in [0.25, 0.3) is 0 Å². The summed E-state index contributed by atoms with van der Waals surface area (Å²) in [6.07, 6.45) is 3.57. The van der Waals surface area contributed by atoms with Crippen LogP contribution in [0.2, 0.25) is 0 Å². The summed E-state index contributed by atoms with van der Waals surface area (Å²) in [5.41, 5.74) is -0.461. The minimum absolute atomic E-state index is 0.0491. The van der Waals surface area contributed by atoms with Gasteiger partial charge in [0.15, 0.2) is 9.84 Å². The SMILES string of the molecule is CC(C)S(=O)(=O)c1ccc(CC(=O)N(C)C2(C(=O)O)CCCCC2)cc1. The lowest BCUT2D eigenvalue weighted by Crippen LogP contribution is -2.56. The van der Waals surface area contributed by atoms with Crippen molar-refractivity contribution < 1.29 is 23.1 Å². The molecular weight excluding hydrogens is 354 g/mol. The maximum absolute atomic E-state index is 12.7. The lowest BCUT2D eigenvalue weighted by Gasteiger charge is -2.41. The van der Waals surface area contributed by atoms with Gasteiger partial charge in [0, 0.05) is 7.05 Å². The molecule has 0 saturated heterocycles. The number of rotatable bonds is 6. The highest BCUT2D eigenvalue weighted by molar-refractivity contribution is 7.92. The number of aliphatic carboxylic acids is 1. The largest absolute Gasteiger partial charge is 0.479 e. The molecule has 0 aliphatic heterocycles. The Balaban J connectivity index is 2.15. The van der Waals surface area contributed by atoms with E-state index in [9.17, 15) is 23.1 Å². The normalized spacial score (nSPS) is 17.1. The Morgan fingerprint density at radius 1 is 1.12 bits per heavy atom. The van der Waals surface area contributed by atoms with Crippen LogP contribution in [-0.4, -0.2) is 48.1 Å². The Hall–Kier alpha value is -1.89. The van der Waals surface area contributed by atoms with E-state index in [1.807, 2.05) is 0 Å². The molecule has 1 aliphatic carbocycles. The van der Waals surface area contributed by atoms with Crippen LogP contribution in [0, 0.1) is 0 Å². The van der Waals surface area contributed by atoms with Crippen molar-refractivity contribution in [2.75, 3.05) is 7.05 Å². The zero-order valence-electron chi connectivity index (χ0n) is 15.6. The average Bonchev–Trinajstić information content (AvgIpc) is 2.61. The van der Waals surface area contributed by atoms with Gasteiger partial charge in [-0.2, -0.15) is 0 Å². The number of hydrogen-bond donors (Lipinski definition) is 1. The smallest absolute Gasteiger partial charge is 0.329 e. The first-order valence-electron chi connectivity index (χ1n) is 8.94. The predicted octanol–water partition coefficient (Wildman–Crippen LogP) is 2.66. The molecule has 0 aromatic heterocycles. The molecule has 1 saturated carbocycles. The van der Waals surface area contributed by atoms with Gasteiger partial charge < -0.3 is 10.0 Å². The minimum atomic E-state index is -3.35. The van der Waals surface area contributed by atoms with E-state index < -0.39 is 26.6 Å². The van der Waals surface area contributed by atoms with E-state index in [2.05, 4.69) is 0 Å². The van der Waals surface area contributed by atoms with Crippen molar-refractivity contribution in [3.8, 4) is 0 Å². The van der Waals surface area contributed by atoms with E-state index in [-0.39, 0.29) is 17.2 Å². The molecule has 1 aliphatic rings. The van der Waals surface area contributed by atoms with Gasteiger partial charge in [0.05, 0.1) is 16.6 Å². The van der Waals surface area contributed by atoms with Crippen LogP contribution >= 0.6 is 0 Å². The summed E-state index contributed by atoms with van der Waals surface area (Å²) in [6.45, 7) is 3.24. The second-order valence-electron chi connectivity index (χ2n) is 7.26. The van der Waals surface area contributed by atoms with E-state index in [0.29, 0.717) is 18.4 Å². The number of carboxylic acid groups (broad SMARTS) is 1. The van der Waals surface area contributed by atoms with Crippen molar-refractivity contribution in [3.05, 3.63) is 29.8 Å². The first-order chi connectivity index (χ1) is 12.1. The Morgan fingerprint density at radius 3 is 2.12 bits per heavy atom. The third-order valence-electron chi connectivity index (χ3n) is 5.32. The van der Waals surface area contributed by atoms with Crippen molar-refractivity contribution in [1.82, 2.24) is 4.90 Å². The first kappa shape index (κ1) is 20.4. The van der Waals surface area contributed by atoms with Gasteiger partial charge in [-0.3, -0.25) is 4.79 Å². The molecule has 2 rings (SSSR count). The summed E-state index contributed by atoms with van der Waals surface area (Å²) >= 11 is 0. The molecule has 0 spiro atoms. The molecule has 0 radical (unpaired) electrons. The molecular formula is C19H27NO5S.